The molecular formula is C15H22O7S. The van der Waals surface area contributed by atoms with Gasteiger partial charge < -0.3 is 14.2 Å². The molecule has 2 aliphatic rings. The van der Waals surface area contributed by atoms with Crippen molar-refractivity contribution in [3.63, 3.8) is 0 Å². The van der Waals surface area contributed by atoms with Crippen molar-refractivity contribution in [3.8, 4) is 0 Å². The van der Waals surface area contributed by atoms with Crippen molar-refractivity contribution in [2.45, 2.75) is 45.0 Å². The molecule has 0 aromatic carbocycles. The zero-order valence-electron chi connectivity index (χ0n) is 13.5. The largest absolute Gasteiger partial charge is 0.469 e. The second kappa shape index (κ2) is 7.11. The van der Waals surface area contributed by atoms with Crippen LogP contribution in [0.1, 0.15) is 33.1 Å². The molecule has 0 amide bonds. The topological polar surface area (TPSA) is 96.0 Å². The molecule has 1 aliphatic heterocycles. The highest BCUT2D eigenvalue weighted by Crippen LogP contribution is 2.38. The number of rotatable bonds is 5. The number of carbonyl (C=O) groups excluding carboxylic acids is 2. The predicted octanol–water partition coefficient (Wildman–Crippen LogP) is 0.594. The molecule has 1 saturated heterocycles. The molecule has 0 aromatic rings. The van der Waals surface area contributed by atoms with E-state index in [1.807, 2.05) is 0 Å². The molecule has 1 heterocycles. The van der Waals surface area contributed by atoms with Gasteiger partial charge in [0.15, 0.2) is 5.79 Å². The van der Waals surface area contributed by atoms with Gasteiger partial charge in [-0.05, 0) is 26.7 Å². The monoisotopic (exact) mass is 346 g/mol. The van der Waals surface area contributed by atoms with E-state index < -0.39 is 39.8 Å². The fourth-order valence-corrected chi connectivity index (χ4v) is 4.00. The first-order valence-corrected chi connectivity index (χ1v) is 8.72. The summed E-state index contributed by atoms with van der Waals surface area (Å²) < 4.78 is 38.3. The summed E-state index contributed by atoms with van der Waals surface area (Å²) in [6.45, 7) is 3.87. The highest BCUT2D eigenvalue weighted by molar-refractivity contribution is 7.71. The second-order valence-electron chi connectivity index (χ2n) is 6.41. The lowest BCUT2D eigenvalue weighted by atomic mass is 9.81. The van der Waals surface area contributed by atoms with Gasteiger partial charge in [-0.2, -0.15) is 8.42 Å². The van der Waals surface area contributed by atoms with Crippen molar-refractivity contribution in [2.24, 2.45) is 17.8 Å². The van der Waals surface area contributed by atoms with E-state index in [0.717, 1.165) is 5.37 Å². The average molecular weight is 346 g/mol. The Balaban J connectivity index is 2.22. The van der Waals surface area contributed by atoms with Crippen LogP contribution in [0, 0.1) is 17.8 Å². The van der Waals surface area contributed by atoms with Gasteiger partial charge in [-0.1, -0.05) is 0 Å². The lowest BCUT2D eigenvalue weighted by Gasteiger charge is -2.25. The second-order valence-corrected chi connectivity index (χ2v) is 7.20. The first-order valence-electron chi connectivity index (χ1n) is 7.59. The van der Waals surface area contributed by atoms with E-state index in [-0.39, 0.29) is 18.3 Å². The maximum absolute atomic E-state index is 12.2. The van der Waals surface area contributed by atoms with E-state index >= 15 is 0 Å². The molecule has 0 bridgehead atoms. The van der Waals surface area contributed by atoms with Crippen LogP contribution in [-0.4, -0.2) is 51.1 Å². The van der Waals surface area contributed by atoms with Crippen LogP contribution in [0.5, 0.6) is 0 Å². The lowest BCUT2D eigenvalue weighted by Crippen LogP contribution is -2.34. The molecule has 4 atom stereocenters. The summed E-state index contributed by atoms with van der Waals surface area (Å²) in [4.78, 5) is 24.1. The Kier molecular flexibility index (Phi) is 5.59. The molecule has 0 aromatic heterocycles. The van der Waals surface area contributed by atoms with Crippen LogP contribution in [0.2, 0.25) is 0 Å². The summed E-state index contributed by atoms with van der Waals surface area (Å²) in [7, 11) is -1.16. The number of carbonyl (C=O) groups is 2. The van der Waals surface area contributed by atoms with Crippen molar-refractivity contribution in [2.75, 3.05) is 13.7 Å². The van der Waals surface area contributed by atoms with Gasteiger partial charge in [-0.3, -0.25) is 9.59 Å². The van der Waals surface area contributed by atoms with Gasteiger partial charge in [0.05, 0.1) is 25.7 Å². The Labute approximate surface area is 136 Å². The smallest absolute Gasteiger partial charge is 0.309 e. The fourth-order valence-electron chi connectivity index (χ4n) is 3.43. The number of methoxy groups -OCH3 is 1. The number of hydrogen-bond acceptors (Lipinski definition) is 7. The van der Waals surface area contributed by atoms with Gasteiger partial charge in [-0.15, -0.1) is 0 Å². The third kappa shape index (κ3) is 4.39. The first kappa shape index (κ1) is 18.1. The van der Waals surface area contributed by atoms with Crippen LogP contribution in [0.4, 0.5) is 0 Å². The van der Waals surface area contributed by atoms with Crippen LogP contribution in [-0.2, 0) is 34.1 Å². The Morgan fingerprint density at radius 1 is 1.48 bits per heavy atom. The van der Waals surface area contributed by atoms with Gasteiger partial charge in [0, 0.05) is 23.6 Å². The first-order chi connectivity index (χ1) is 10.7. The molecule has 2 fully saturated rings. The van der Waals surface area contributed by atoms with Gasteiger partial charge in [-0.25, -0.2) is 0 Å². The van der Waals surface area contributed by atoms with E-state index in [1.165, 1.54) is 7.11 Å². The van der Waals surface area contributed by atoms with Crippen LogP contribution in [0.3, 0.4) is 0 Å². The minimum absolute atomic E-state index is 0.106. The Morgan fingerprint density at radius 3 is 2.70 bits per heavy atom. The third-order valence-corrected chi connectivity index (χ3v) is 4.93. The summed E-state index contributed by atoms with van der Waals surface area (Å²) in [6, 6.07) is 0. The maximum Gasteiger partial charge on any atom is 0.309 e. The van der Waals surface area contributed by atoms with Crippen LogP contribution in [0.25, 0.3) is 0 Å². The quantitative estimate of drug-likeness (QED) is 0.531. The summed E-state index contributed by atoms with van der Waals surface area (Å²) >= 11 is 0. The van der Waals surface area contributed by atoms with E-state index in [2.05, 4.69) is 0 Å². The van der Waals surface area contributed by atoms with Gasteiger partial charge in [0.25, 0.3) is 0 Å². The highest BCUT2D eigenvalue weighted by atomic mass is 32.2. The highest BCUT2D eigenvalue weighted by Gasteiger charge is 2.45. The van der Waals surface area contributed by atoms with Gasteiger partial charge in [0.1, 0.15) is 5.78 Å². The summed E-state index contributed by atoms with van der Waals surface area (Å²) in [5.74, 6) is -3.20. The molecule has 2 rings (SSSR count). The molecule has 7 nitrogen and oxygen atoms in total. The molecular weight excluding hydrogens is 324 g/mol. The van der Waals surface area contributed by atoms with E-state index in [0.29, 0.717) is 19.4 Å². The van der Waals surface area contributed by atoms with E-state index in [4.69, 9.17) is 14.2 Å². The normalized spacial score (nSPS) is 30.9. The number of Topliss-reactive ketones (excluding diaryl/α,β-unsaturated/α-hetero) is 1. The Bertz CT molecular complexity index is 599. The molecule has 1 saturated carbocycles. The number of hydrogen-bond donors (Lipinski definition) is 0. The van der Waals surface area contributed by atoms with Crippen LogP contribution >= 0.6 is 0 Å². The molecule has 0 radical (unpaired) electrons. The van der Waals surface area contributed by atoms with Crippen molar-refractivity contribution < 1.29 is 32.2 Å². The Morgan fingerprint density at radius 2 is 2.17 bits per heavy atom. The molecule has 4 unspecified atom stereocenters. The van der Waals surface area contributed by atoms with E-state index in [1.54, 1.807) is 13.8 Å². The molecule has 0 spiro atoms. The maximum atomic E-state index is 12.2. The van der Waals surface area contributed by atoms with Gasteiger partial charge >= 0.3 is 5.97 Å². The van der Waals surface area contributed by atoms with Crippen molar-refractivity contribution >= 4 is 27.4 Å². The van der Waals surface area contributed by atoms with Crippen molar-refractivity contribution in [3.05, 3.63) is 0 Å². The molecule has 130 valence electrons. The predicted molar refractivity (Wildman–Crippen MR) is 81.2 cm³/mol. The molecule has 1 aliphatic carbocycles. The van der Waals surface area contributed by atoms with Crippen molar-refractivity contribution in [1.29, 1.82) is 0 Å². The fraction of sp³-hybridized carbons (Fsp3) is 0.800. The summed E-state index contributed by atoms with van der Waals surface area (Å²) in [6.07, 6.45) is 0.635. The van der Waals surface area contributed by atoms with E-state index in [9.17, 15) is 18.0 Å². The summed E-state index contributed by atoms with van der Waals surface area (Å²) in [5, 5.41) is 1.10. The molecule has 23 heavy (non-hydrogen) atoms. The molecule has 8 heteroatoms. The van der Waals surface area contributed by atoms with Crippen LogP contribution < -0.4 is 0 Å². The number of ketones is 1. The minimum Gasteiger partial charge on any atom is -0.469 e. The third-order valence-electron chi connectivity index (χ3n) is 4.36. The summed E-state index contributed by atoms with van der Waals surface area (Å²) in [5.41, 5.74) is 0. The molecule has 0 N–H and O–H groups in total. The number of esters is 1. The standard InChI is InChI=1S/C15H22O7S/c1-15(2)21-7-10(22-15)6-9(8-23(18)19)13-11(14(17)20-3)4-5-12(13)16/h8-11,13H,4-7H2,1-3H3. The van der Waals surface area contributed by atoms with Crippen molar-refractivity contribution in [1.82, 2.24) is 0 Å². The SMILES string of the molecule is COC(=O)C1CCC(=O)C1C(C=S(=O)=O)CC1COC(C)(C)O1. The van der Waals surface area contributed by atoms with Crippen LogP contribution in [0.15, 0.2) is 0 Å². The average Bonchev–Trinajstić information content (AvgIpc) is 2.99. The number of ether oxygens (including phenoxy) is 3. The Hall–Kier alpha value is -1.25. The lowest BCUT2D eigenvalue weighted by molar-refractivity contribution is -0.149. The zero-order chi connectivity index (χ0) is 17.2. The van der Waals surface area contributed by atoms with Gasteiger partial charge in [0.2, 0.25) is 10.3 Å². The minimum atomic E-state index is -2.43. The zero-order valence-corrected chi connectivity index (χ0v) is 14.3.